The number of aliphatic hydroxyl groups is 11. The maximum atomic E-state index is 13.5. The van der Waals surface area contributed by atoms with Gasteiger partial charge in [-0.2, -0.15) is 0 Å². The molecule has 12 N–H and O–H groups in total. The molecule has 0 aliphatic carbocycles. The number of aliphatic hydroxyl groups excluding tert-OH is 11. The lowest BCUT2D eigenvalue weighted by Crippen LogP contribution is -2.66. The molecule has 101 heavy (non-hydrogen) atoms. The Morgan fingerprint density at radius 1 is 0.317 bits per heavy atom. The molecule has 3 aliphatic heterocycles. The fourth-order valence-electron chi connectivity index (χ4n) is 15.1. The monoisotopic (exact) mass is 1450 g/mol. The molecule has 19 heteroatoms. The van der Waals surface area contributed by atoms with Gasteiger partial charge in [0.05, 0.1) is 38.6 Å². The fraction of sp³-hybridized carbons (Fsp3) is 0.988. The van der Waals surface area contributed by atoms with Crippen LogP contribution in [0.15, 0.2) is 0 Å². The van der Waals surface area contributed by atoms with Gasteiger partial charge in [0.15, 0.2) is 18.9 Å². The molecule has 0 radical (unpaired) electrons. The van der Waals surface area contributed by atoms with Crippen LogP contribution in [0.3, 0.4) is 0 Å². The van der Waals surface area contributed by atoms with Crippen molar-refractivity contribution in [2.75, 3.05) is 26.4 Å². The number of ether oxygens (including phenoxy) is 6. The number of rotatable bonds is 70. The smallest absolute Gasteiger partial charge is 0.220 e. The lowest BCUT2D eigenvalue weighted by atomic mass is 9.96. The van der Waals surface area contributed by atoms with Crippen molar-refractivity contribution in [2.45, 2.75) is 491 Å². The molecular formula is C82H159NO18. The van der Waals surface area contributed by atoms with Crippen LogP contribution < -0.4 is 5.32 Å². The number of hydrogen-bond acceptors (Lipinski definition) is 18. The van der Waals surface area contributed by atoms with E-state index in [2.05, 4.69) is 19.2 Å². The summed E-state index contributed by atoms with van der Waals surface area (Å²) in [6.07, 6.45) is 48.0. The summed E-state index contributed by atoms with van der Waals surface area (Å²) in [5.41, 5.74) is 0. The number of unbranched alkanes of at least 4 members (excludes halogenated alkanes) is 54. The maximum Gasteiger partial charge on any atom is 0.220 e. The lowest BCUT2D eigenvalue weighted by molar-refractivity contribution is -0.379. The molecule has 17 atom stereocenters. The average Bonchev–Trinajstić information content (AvgIpc) is 0.792. The molecule has 19 nitrogen and oxygen atoms in total. The van der Waals surface area contributed by atoms with Crippen molar-refractivity contribution >= 4 is 5.91 Å². The first-order chi connectivity index (χ1) is 49.3. The highest BCUT2D eigenvalue weighted by atomic mass is 16.8. The van der Waals surface area contributed by atoms with Crippen LogP contribution in [0.25, 0.3) is 0 Å². The Kier molecular flexibility index (Phi) is 59.3. The summed E-state index contributed by atoms with van der Waals surface area (Å²) in [5, 5.41) is 121. The van der Waals surface area contributed by atoms with Gasteiger partial charge in [0.2, 0.25) is 5.91 Å². The number of amides is 1. The summed E-state index contributed by atoms with van der Waals surface area (Å²) in [6, 6.07) is -0.883. The second-order valence-electron chi connectivity index (χ2n) is 31.0. The van der Waals surface area contributed by atoms with E-state index in [1.54, 1.807) is 0 Å². The molecule has 1 amide bonds. The van der Waals surface area contributed by atoms with Crippen molar-refractivity contribution in [1.82, 2.24) is 5.32 Å². The third kappa shape index (κ3) is 43.5. The topological polar surface area (TPSA) is 307 Å². The van der Waals surface area contributed by atoms with Crippen LogP contribution in [0.5, 0.6) is 0 Å². The van der Waals surface area contributed by atoms with E-state index in [1.807, 2.05) is 0 Å². The van der Waals surface area contributed by atoms with Gasteiger partial charge >= 0.3 is 0 Å². The third-order valence-electron chi connectivity index (χ3n) is 21.9. The van der Waals surface area contributed by atoms with Gasteiger partial charge in [-0.3, -0.25) is 4.79 Å². The number of nitrogens with one attached hydrogen (secondary N) is 1. The van der Waals surface area contributed by atoms with Crippen LogP contribution in [-0.2, 0) is 33.2 Å². The molecule has 17 unspecified atom stereocenters. The predicted molar refractivity (Wildman–Crippen MR) is 402 cm³/mol. The molecule has 3 heterocycles. The van der Waals surface area contributed by atoms with E-state index >= 15 is 0 Å². The highest BCUT2D eigenvalue weighted by Gasteiger charge is 2.54. The summed E-state index contributed by atoms with van der Waals surface area (Å²) >= 11 is 0. The van der Waals surface area contributed by atoms with E-state index < -0.39 is 124 Å². The zero-order valence-electron chi connectivity index (χ0n) is 64.4. The van der Waals surface area contributed by atoms with E-state index in [0.29, 0.717) is 12.8 Å². The van der Waals surface area contributed by atoms with Gasteiger partial charge in [0.1, 0.15) is 73.2 Å². The molecule has 0 aromatic carbocycles. The highest BCUT2D eigenvalue weighted by Crippen LogP contribution is 2.34. The first-order valence-corrected chi connectivity index (χ1v) is 42.8. The first-order valence-electron chi connectivity index (χ1n) is 42.8. The van der Waals surface area contributed by atoms with Crippen molar-refractivity contribution in [3.63, 3.8) is 0 Å². The standard InChI is InChI=1S/C82H159NO18/c1-3-5-7-9-11-13-15-17-19-21-23-24-25-26-27-28-29-30-31-32-33-34-35-36-37-38-39-40-41-42-44-46-48-50-52-54-56-58-60-70(88)83-65(66(87)59-57-55-53-51-49-47-45-43-22-20-18-16-14-12-10-8-6-4-2)64-96-80-76(94)73(91)78(68(62-85)98-80)101-82-77(95)74(92)79(69(63-86)99-82)100-81-75(93)72(90)71(89)67(61-84)97-81/h65-69,71-82,84-87,89-95H,3-64H2,1-2H3,(H,83,88). The van der Waals surface area contributed by atoms with Gasteiger partial charge in [-0.15, -0.1) is 0 Å². The minimum atomic E-state index is -1.97. The molecule has 0 aromatic heterocycles. The summed E-state index contributed by atoms with van der Waals surface area (Å²) in [6.45, 7) is 1.87. The molecular weight excluding hydrogens is 1290 g/mol. The summed E-state index contributed by atoms with van der Waals surface area (Å²) in [5.74, 6) is -0.232. The van der Waals surface area contributed by atoms with Crippen LogP contribution in [0.2, 0.25) is 0 Å². The van der Waals surface area contributed by atoms with Crippen molar-refractivity contribution in [3.05, 3.63) is 0 Å². The molecule has 3 aliphatic rings. The SMILES string of the molecule is CCCCCCCCCCCCCCCCCCCCCCCCCCCCCCCCCCCCCCCCC(=O)NC(COC1OC(CO)C(OC2OC(CO)C(OC3OC(CO)C(O)C(O)C3O)C(O)C2O)C(O)C1O)C(O)CCCCCCCCCCCCCCCCCCCC. The van der Waals surface area contributed by atoms with Gasteiger partial charge in [-0.1, -0.05) is 367 Å². The molecule has 600 valence electrons. The summed E-state index contributed by atoms with van der Waals surface area (Å²) in [7, 11) is 0. The summed E-state index contributed by atoms with van der Waals surface area (Å²) in [4.78, 5) is 13.5. The highest BCUT2D eigenvalue weighted by molar-refractivity contribution is 5.76. The van der Waals surface area contributed by atoms with E-state index in [-0.39, 0.29) is 18.9 Å². The van der Waals surface area contributed by atoms with Crippen LogP contribution in [0.4, 0.5) is 0 Å². The Morgan fingerprint density at radius 3 is 0.861 bits per heavy atom. The van der Waals surface area contributed by atoms with Crippen LogP contribution in [-0.4, -0.2) is 193 Å². The molecule has 0 saturated carbocycles. The van der Waals surface area contributed by atoms with Crippen LogP contribution in [0, 0.1) is 0 Å². The Bertz CT molecular complexity index is 1820. The Morgan fingerprint density at radius 2 is 0.564 bits per heavy atom. The minimum Gasteiger partial charge on any atom is -0.394 e. The second kappa shape index (κ2) is 63.7. The van der Waals surface area contributed by atoms with E-state index in [0.717, 1.165) is 44.9 Å². The second-order valence-corrected chi connectivity index (χ2v) is 31.0. The van der Waals surface area contributed by atoms with Crippen molar-refractivity contribution < 1.29 is 89.4 Å². The van der Waals surface area contributed by atoms with E-state index in [1.165, 1.54) is 308 Å². The quantitative estimate of drug-likeness (QED) is 0.0252. The zero-order valence-corrected chi connectivity index (χ0v) is 64.4. The summed E-state index contributed by atoms with van der Waals surface area (Å²) < 4.78 is 34.5. The molecule has 3 rings (SSSR count). The molecule has 3 fully saturated rings. The fourth-order valence-corrected chi connectivity index (χ4v) is 15.1. The third-order valence-corrected chi connectivity index (χ3v) is 21.9. The van der Waals surface area contributed by atoms with Gasteiger partial charge < -0.3 is 89.9 Å². The average molecular weight is 1450 g/mol. The normalized spacial score (nSPS) is 26.2. The minimum absolute atomic E-state index is 0.232. The number of hydrogen-bond donors (Lipinski definition) is 12. The first kappa shape index (κ1) is 94.0. The van der Waals surface area contributed by atoms with Crippen molar-refractivity contribution in [2.24, 2.45) is 0 Å². The van der Waals surface area contributed by atoms with Crippen LogP contribution in [0.1, 0.15) is 386 Å². The molecule has 0 spiro atoms. The molecule has 0 aromatic rings. The Balaban J connectivity index is 1.29. The zero-order chi connectivity index (χ0) is 73.2. The van der Waals surface area contributed by atoms with E-state index in [4.69, 9.17) is 28.4 Å². The van der Waals surface area contributed by atoms with Crippen molar-refractivity contribution in [1.29, 1.82) is 0 Å². The van der Waals surface area contributed by atoms with Crippen molar-refractivity contribution in [3.8, 4) is 0 Å². The van der Waals surface area contributed by atoms with Gasteiger partial charge in [-0.25, -0.2) is 0 Å². The van der Waals surface area contributed by atoms with Crippen LogP contribution >= 0.6 is 0 Å². The molecule has 0 bridgehead atoms. The number of carbonyl (C=O) groups excluding carboxylic acids is 1. The Labute approximate surface area is 614 Å². The lowest BCUT2D eigenvalue weighted by Gasteiger charge is -2.48. The van der Waals surface area contributed by atoms with E-state index in [9.17, 15) is 61.0 Å². The predicted octanol–water partition coefficient (Wildman–Crippen LogP) is 15.0. The Hall–Kier alpha value is -1.21. The largest absolute Gasteiger partial charge is 0.394 e. The molecule has 3 saturated heterocycles. The van der Waals surface area contributed by atoms with Gasteiger partial charge in [0.25, 0.3) is 0 Å². The van der Waals surface area contributed by atoms with Gasteiger partial charge in [0, 0.05) is 6.42 Å². The maximum absolute atomic E-state index is 13.5. The van der Waals surface area contributed by atoms with Gasteiger partial charge in [-0.05, 0) is 12.8 Å². The number of carbonyl (C=O) groups is 1.